The van der Waals surface area contributed by atoms with Crippen LogP contribution in [0.25, 0.3) is 12.2 Å². The summed E-state index contributed by atoms with van der Waals surface area (Å²) in [5.74, 6) is 0. The second kappa shape index (κ2) is 5.87. The molecule has 0 heterocycles. The van der Waals surface area contributed by atoms with Crippen molar-refractivity contribution in [3.63, 3.8) is 0 Å². The molecule has 0 aliphatic heterocycles. The molecule has 0 fully saturated rings. The third kappa shape index (κ3) is 4.13. The minimum atomic E-state index is -4.84. The van der Waals surface area contributed by atoms with Gasteiger partial charge in [0.05, 0.1) is 11.1 Å². The lowest BCUT2D eigenvalue weighted by molar-refractivity contribution is -0.143. The molecule has 0 unspecified atom stereocenters. The summed E-state index contributed by atoms with van der Waals surface area (Å²) in [6, 6.07) is 10.1. The SMILES string of the molecule is FC(F)(F)c1cc(/C=C/c2ccccc2)cc(C(F)(F)F)c1. The van der Waals surface area contributed by atoms with E-state index in [1.165, 1.54) is 12.2 Å². The minimum absolute atomic E-state index is 0.111. The predicted octanol–water partition coefficient (Wildman–Crippen LogP) is 5.89. The van der Waals surface area contributed by atoms with E-state index in [1.54, 1.807) is 30.3 Å². The summed E-state index contributed by atoms with van der Waals surface area (Å²) in [5, 5.41) is 0. The highest BCUT2D eigenvalue weighted by molar-refractivity contribution is 5.70. The highest BCUT2D eigenvalue weighted by Gasteiger charge is 2.36. The van der Waals surface area contributed by atoms with Crippen molar-refractivity contribution in [2.75, 3.05) is 0 Å². The van der Waals surface area contributed by atoms with Gasteiger partial charge in [-0.15, -0.1) is 0 Å². The molecule has 0 aromatic heterocycles. The normalized spacial score (nSPS) is 12.8. The predicted molar refractivity (Wildman–Crippen MR) is 71.8 cm³/mol. The fraction of sp³-hybridized carbons (Fsp3) is 0.125. The lowest BCUT2D eigenvalue weighted by atomic mass is 10.0. The monoisotopic (exact) mass is 316 g/mol. The summed E-state index contributed by atoms with van der Waals surface area (Å²) < 4.78 is 76.2. The molecule has 2 rings (SSSR count). The van der Waals surface area contributed by atoms with Crippen molar-refractivity contribution in [3.05, 3.63) is 70.8 Å². The zero-order valence-corrected chi connectivity index (χ0v) is 11.0. The van der Waals surface area contributed by atoms with Crippen LogP contribution in [-0.2, 0) is 12.4 Å². The lowest BCUT2D eigenvalue weighted by Crippen LogP contribution is -2.11. The van der Waals surface area contributed by atoms with Crippen LogP contribution in [0.5, 0.6) is 0 Å². The summed E-state index contributed by atoms with van der Waals surface area (Å²) in [4.78, 5) is 0. The maximum atomic E-state index is 12.7. The van der Waals surface area contributed by atoms with Crippen LogP contribution in [0, 0.1) is 0 Å². The first-order chi connectivity index (χ1) is 10.2. The molecular weight excluding hydrogens is 306 g/mol. The Hall–Kier alpha value is -2.24. The first kappa shape index (κ1) is 16.1. The van der Waals surface area contributed by atoms with Gasteiger partial charge in [-0.2, -0.15) is 26.3 Å². The largest absolute Gasteiger partial charge is 0.416 e. The van der Waals surface area contributed by atoms with Crippen molar-refractivity contribution in [2.24, 2.45) is 0 Å². The van der Waals surface area contributed by atoms with Crippen molar-refractivity contribution >= 4 is 12.2 Å². The average Bonchev–Trinajstić information content (AvgIpc) is 2.44. The number of hydrogen-bond donors (Lipinski definition) is 0. The molecule has 0 N–H and O–H groups in total. The third-order valence-corrected chi connectivity index (χ3v) is 2.88. The molecule has 0 radical (unpaired) electrons. The van der Waals surface area contributed by atoms with Crippen molar-refractivity contribution in [2.45, 2.75) is 12.4 Å². The average molecular weight is 316 g/mol. The minimum Gasteiger partial charge on any atom is -0.166 e. The molecule has 0 aliphatic carbocycles. The van der Waals surface area contributed by atoms with Gasteiger partial charge in [-0.1, -0.05) is 42.5 Å². The van der Waals surface area contributed by atoms with Crippen LogP contribution in [0.2, 0.25) is 0 Å². The van der Waals surface area contributed by atoms with Crippen molar-refractivity contribution in [3.8, 4) is 0 Å². The fourth-order valence-electron chi connectivity index (χ4n) is 1.83. The van der Waals surface area contributed by atoms with E-state index in [0.29, 0.717) is 17.7 Å². The van der Waals surface area contributed by atoms with E-state index in [2.05, 4.69) is 0 Å². The smallest absolute Gasteiger partial charge is 0.166 e. The Morgan fingerprint density at radius 1 is 0.591 bits per heavy atom. The van der Waals surface area contributed by atoms with Crippen molar-refractivity contribution < 1.29 is 26.3 Å². The van der Waals surface area contributed by atoms with E-state index in [1.807, 2.05) is 0 Å². The van der Waals surface area contributed by atoms with E-state index < -0.39 is 23.5 Å². The van der Waals surface area contributed by atoms with Crippen LogP contribution in [-0.4, -0.2) is 0 Å². The summed E-state index contributed by atoms with van der Waals surface area (Å²) in [6.07, 6.45) is -7.00. The van der Waals surface area contributed by atoms with Gasteiger partial charge in [-0.05, 0) is 29.3 Å². The van der Waals surface area contributed by atoms with Crippen LogP contribution in [0.1, 0.15) is 22.3 Å². The summed E-state index contributed by atoms with van der Waals surface area (Å²) in [6.45, 7) is 0. The molecule has 0 saturated heterocycles. The second-order valence-electron chi connectivity index (χ2n) is 4.58. The van der Waals surface area contributed by atoms with Gasteiger partial charge >= 0.3 is 12.4 Å². The molecular formula is C16H10F6. The number of hydrogen-bond acceptors (Lipinski definition) is 0. The Bertz CT molecular complexity index is 633. The fourth-order valence-corrected chi connectivity index (χ4v) is 1.83. The van der Waals surface area contributed by atoms with Crippen molar-refractivity contribution in [1.29, 1.82) is 0 Å². The van der Waals surface area contributed by atoms with Gasteiger partial charge in [-0.25, -0.2) is 0 Å². The van der Waals surface area contributed by atoms with Gasteiger partial charge in [0.25, 0.3) is 0 Å². The van der Waals surface area contributed by atoms with Gasteiger partial charge in [0.15, 0.2) is 0 Å². The van der Waals surface area contributed by atoms with E-state index in [-0.39, 0.29) is 11.6 Å². The lowest BCUT2D eigenvalue weighted by Gasteiger charge is -2.12. The van der Waals surface area contributed by atoms with Gasteiger partial charge in [0.2, 0.25) is 0 Å². The van der Waals surface area contributed by atoms with E-state index in [4.69, 9.17) is 0 Å². The molecule has 2 aromatic rings. The molecule has 0 nitrogen and oxygen atoms in total. The van der Waals surface area contributed by atoms with Crippen LogP contribution < -0.4 is 0 Å². The highest BCUT2D eigenvalue weighted by atomic mass is 19.4. The Balaban J connectivity index is 2.45. The van der Waals surface area contributed by atoms with Crippen LogP contribution in [0.15, 0.2) is 48.5 Å². The molecule has 6 heteroatoms. The quantitative estimate of drug-likeness (QED) is 0.478. The number of alkyl halides is 6. The first-order valence-corrected chi connectivity index (χ1v) is 6.19. The Morgan fingerprint density at radius 3 is 1.50 bits per heavy atom. The van der Waals surface area contributed by atoms with Gasteiger partial charge < -0.3 is 0 Å². The molecule has 0 spiro atoms. The molecule has 0 saturated carbocycles. The van der Waals surface area contributed by atoms with E-state index in [9.17, 15) is 26.3 Å². The summed E-state index contributed by atoms with van der Waals surface area (Å²) in [7, 11) is 0. The Kier molecular flexibility index (Phi) is 4.30. The topological polar surface area (TPSA) is 0 Å². The zero-order valence-electron chi connectivity index (χ0n) is 11.0. The van der Waals surface area contributed by atoms with Crippen molar-refractivity contribution in [1.82, 2.24) is 0 Å². The highest BCUT2D eigenvalue weighted by Crippen LogP contribution is 2.36. The number of rotatable bonds is 2. The third-order valence-electron chi connectivity index (χ3n) is 2.88. The van der Waals surface area contributed by atoms with Crippen LogP contribution >= 0.6 is 0 Å². The van der Waals surface area contributed by atoms with Crippen LogP contribution in [0.4, 0.5) is 26.3 Å². The molecule has 0 atom stereocenters. The molecule has 116 valence electrons. The maximum absolute atomic E-state index is 12.7. The van der Waals surface area contributed by atoms with Gasteiger partial charge in [0.1, 0.15) is 0 Å². The van der Waals surface area contributed by atoms with E-state index in [0.717, 1.165) is 0 Å². The molecule has 0 aliphatic rings. The number of benzene rings is 2. The Morgan fingerprint density at radius 2 is 1.05 bits per heavy atom. The zero-order chi connectivity index (χ0) is 16.4. The van der Waals surface area contributed by atoms with Crippen LogP contribution in [0.3, 0.4) is 0 Å². The second-order valence-corrected chi connectivity index (χ2v) is 4.58. The first-order valence-electron chi connectivity index (χ1n) is 6.19. The van der Waals surface area contributed by atoms with E-state index >= 15 is 0 Å². The molecule has 0 bridgehead atoms. The standard InChI is InChI=1S/C16H10F6/c17-15(18,19)13-8-12(9-14(10-13)16(20,21)22)7-6-11-4-2-1-3-5-11/h1-10H/b7-6+. The van der Waals surface area contributed by atoms with Gasteiger partial charge in [-0.3, -0.25) is 0 Å². The summed E-state index contributed by atoms with van der Waals surface area (Å²) >= 11 is 0. The maximum Gasteiger partial charge on any atom is 0.416 e. The number of halogens is 6. The molecule has 2 aromatic carbocycles. The van der Waals surface area contributed by atoms with Gasteiger partial charge in [0, 0.05) is 0 Å². The Labute approximate surface area is 122 Å². The molecule has 22 heavy (non-hydrogen) atoms. The summed E-state index contributed by atoms with van der Waals surface area (Å²) in [5.41, 5.74) is -2.13. The molecule has 0 amide bonds.